The molecular weight excluding hydrogens is 428 g/mol. The second-order valence-corrected chi connectivity index (χ2v) is 8.73. The van der Waals surface area contributed by atoms with Crippen LogP contribution in [0.2, 0.25) is 0 Å². The summed E-state index contributed by atoms with van der Waals surface area (Å²) in [6, 6.07) is 8.19. The highest BCUT2D eigenvalue weighted by atomic mass is 32.1. The summed E-state index contributed by atoms with van der Waals surface area (Å²) in [6.45, 7) is 6.23. The van der Waals surface area contributed by atoms with E-state index in [2.05, 4.69) is 41.0 Å². The number of carbonyl (C=O) groups is 1. The first-order valence-electron chi connectivity index (χ1n) is 10.5. The highest BCUT2D eigenvalue weighted by molar-refractivity contribution is 7.20. The highest BCUT2D eigenvalue weighted by Gasteiger charge is 2.25. The third-order valence-electron chi connectivity index (χ3n) is 5.28. The van der Waals surface area contributed by atoms with Gasteiger partial charge in [-0.25, -0.2) is 10.4 Å². The summed E-state index contributed by atoms with van der Waals surface area (Å²) in [5, 5.41) is 10.8. The van der Waals surface area contributed by atoms with E-state index < -0.39 is 0 Å². The van der Waals surface area contributed by atoms with Crippen LogP contribution in [-0.2, 0) is 4.74 Å². The van der Waals surface area contributed by atoms with Gasteiger partial charge in [-0.15, -0.1) is 0 Å². The number of hydrazone groups is 1. The first-order chi connectivity index (χ1) is 15.7. The zero-order chi connectivity index (χ0) is 21.9. The molecule has 3 N–H and O–H groups in total. The molecule has 0 bridgehead atoms. The predicted molar refractivity (Wildman–Crippen MR) is 125 cm³/mol. The van der Waals surface area contributed by atoms with E-state index in [9.17, 15) is 4.79 Å². The number of nitrogens with zero attached hydrogens (tertiary/aromatic N) is 5. The molecule has 1 aromatic carbocycles. The van der Waals surface area contributed by atoms with E-state index in [1.807, 2.05) is 31.2 Å². The fraction of sp³-hybridized carbons (Fsp3) is 0.381. The van der Waals surface area contributed by atoms with Gasteiger partial charge >= 0.3 is 0 Å². The molecule has 0 atom stereocenters. The number of rotatable bonds is 6. The lowest BCUT2D eigenvalue weighted by Crippen LogP contribution is -2.56. The van der Waals surface area contributed by atoms with E-state index >= 15 is 0 Å². The van der Waals surface area contributed by atoms with Crippen LogP contribution in [0.25, 0.3) is 10.3 Å². The maximum absolute atomic E-state index is 12.6. The Balaban J connectivity index is 1.43. The van der Waals surface area contributed by atoms with Crippen LogP contribution in [0.1, 0.15) is 20.9 Å². The molecule has 2 saturated heterocycles. The first kappa shape index (κ1) is 20.7. The molecule has 2 fully saturated rings. The van der Waals surface area contributed by atoms with Gasteiger partial charge in [-0.3, -0.25) is 4.79 Å². The van der Waals surface area contributed by atoms with Crippen LogP contribution in [0.3, 0.4) is 0 Å². The molecule has 0 unspecified atom stereocenters. The van der Waals surface area contributed by atoms with Crippen LogP contribution in [0.5, 0.6) is 0 Å². The Hall–Kier alpha value is -3.15. The summed E-state index contributed by atoms with van der Waals surface area (Å²) in [4.78, 5) is 29.2. The zero-order valence-corrected chi connectivity index (χ0v) is 18.5. The normalized spacial score (nSPS) is 17.0. The Morgan fingerprint density at radius 2 is 2.12 bits per heavy atom. The van der Waals surface area contributed by atoms with Gasteiger partial charge in [0.05, 0.1) is 25.5 Å². The molecule has 0 aliphatic carbocycles. The predicted octanol–water partition coefficient (Wildman–Crippen LogP) is 1.38. The van der Waals surface area contributed by atoms with Crippen LogP contribution in [0.15, 0.2) is 29.4 Å². The van der Waals surface area contributed by atoms with E-state index in [0.29, 0.717) is 53.4 Å². The number of aryl methyl sites for hydroxylation is 1. The van der Waals surface area contributed by atoms with Gasteiger partial charge in [0.1, 0.15) is 5.52 Å². The molecule has 4 heterocycles. The molecule has 0 saturated carbocycles. The number of hydrogen-bond donors (Lipinski definition) is 3. The lowest BCUT2D eigenvalue weighted by atomic mass is 10.2. The summed E-state index contributed by atoms with van der Waals surface area (Å²) < 4.78 is 5.48. The highest BCUT2D eigenvalue weighted by Crippen LogP contribution is 2.30. The number of fused-ring (bicyclic) bond motifs is 1. The zero-order valence-electron chi connectivity index (χ0n) is 17.7. The molecule has 2 aromatic heterocycles. The summed E-state index contributed by atoms with van der Waals surface area (Å²) in [5.74, 6) is 0.869. The molecular formula is C21H24N8O2S. The fourth-order valence-electron chi connectivity index (χ4n) is 3.50. The Kier molecular flexibility index (Phi) is 5.93. The first-order valence-corrected chi connectivity index (χ1v) is 11.4. The Morgan fingerprint density at radius 1 is 1.28 bits per heavy atom. The second kappa shape index (κ2) is 9.15. The largest absolute Gasteiger partial charge is 0.378 e. The number of hydrogen-bond acceptors (Lipinski definition) is 10. The molecule has 0 spiro atoms. The smallest absolute Gasteiger partial charge is 0.280 e. The number of morpholine rings is 1. The van der Waals surface area contributed by atoms with Crippen molar-refractivity contribution < 1.29 is 9.53 Å². The lowest BCUT2D eigenvalue weighted by molar-refractivity contribution is 0.0923. The molecule has 1 amide bonds. The number of benzene rings is 1. The number of anilines is 2. The van der Waals surface area contributed by atoms with Crippen molar-refractivity contribution in [3.8, 4) is 0 Å². The minimum atomic E-state index is -0.181. The van der Waals surface area contributed by atoms with Gasteiger partial charge < -0.3 is 20.3 Å². The maximum atomic E-state index is 12.6. The topological polar surface area (TPSA) is 117 Å². The number of thiazole rings is 1. The molecule has 11 heteroatoms. The van der Waals surface area contributed by atoms with Crippen LogP contribution in [0, 0.1) is 6.92 Å². The quantitative estimate of drug-likeness (QED) is 0.379. The van der Waals surface area contributed by atoms with Crippen LogP contribution < -0.4 is 21.0 Å². The molecule has 166 valence electrons. The average Bonchev–Trinajstić information content (AvgIpc) is 3.21. The molecule has 32 heavy (non-hydrogen) atoms. The Bertz CT molecular complexity index is 1150. The van der Waals surface area contributed by atoms with Gasteiger partial charge in [-0.1, -0.05) is 41.2 Å². The molecule has 0 radical (unpaired) electrons. The number of nitrogens with one attached hydrogen (secondary N) is 3. The molecule has 10 nitrogen and oxygen atoms in total. The SMILES string of the molecule is Cc1cccc(/C=N/Nc2nc(N3CCOCC3)c3nc(C(=O)NC4CNC4)sc3n2)c1. The summed E-state index contributed by atoms with van der Waals surface area (Å²) in [5.41, 5.74) is 5.70. The number of ether oxygens (including phenoxy) is 1. The summed E-state index contributed by atoms with van der Waals surface area (Å²) in [6.07, 6.45) is 1.73. The van der Waals surface area contributed by atoms with Crippen molar-refractivity contribution in [2.75, 3.05) is 49.7 Å². The van der Waals surface area contributed by atoms with Gasteiger partial charge in [0.15, 0.2) is 15.7 Å². The van der Waals surface area contributed by atoms with Gasteiger partial charge in [0, 0.05) is 26.2 Å². The third kappa shape index (κ3) is 4.54. The van der Waals surface area contributed by atoms with Crippen molar-refractivity contribution in [1.82, 2.24) is 25.6 Å². The number of carbonyl (C=O) groups excluding carboxylic acids is 1. The van der Waals surface area contributed by atoms with Crippen molar-refractivity contribution in [2.45, 2.75) is 13.0 Å². The summed E-state index contributed by atoms with van der Waals surface area (Å²) >= 11 is 1.26. The molecule has 2 aliphatic rings. The van der Waals surface area contributed by atoms with Crippen LogP contribution >= 0.6 is 11.3 Å². The Labute approximate surface area is 189 Å². The van der Waals surface area contributed by atoms with Crippen molar-refractivity contribution in [3.63, 3.8) is 0 Å². The van der Waals surface area contributed by atoms with Crippen LogP contribution in [0.4, 0.5) is 11.8 Å². The Morgan fingerprint density at radius 3 is 2.88 bits per heavy atom. The molecule has 5 rings (SSSR count). The van der Waals surface area contributed by atoms with E-state index in [1.165, 1.54) is 11.3 Å². The standard InChI is InChI=1S/C21H24N8O2S/c1-13-3-2-4-14(9-13)10-23-28-21-26-17(29-5-7-31-8-6-29)16-19(27-21)32-20(25-16)18(30)24-15-11-22-12-15/h2-4,9-10,15,22H,5-8,11-12H2,1H3,(H,24,30)(H,26,27,28)/b23-10+. The van der Waals surface area contributed by atoms with E-state index in [4.69, 9.17) is 4.74 Å². The van der Waals surface area contributed by atoms with Crippen molar-refractivity contribution in [3.05, 3.63) is 40.4 Å². The molecule has 3 aromatic rings. The van der Waals surface area contributed by atoms with Crippen molar-refractivity contribution in [1.29, 1.82) is 0 Å². The van der Waals surface area contributed by atoms with Gasteiger partial charge in [0.2, 0.25) is 5.95 Å². The third-order valence-corrected chi connectivity index (χ3v) is 6.23. The number of aromatic nitrogens is 3. The number of amides is 1. The summed E-state index contributed by atoms with van der Waals surface area (Å²) in [7, 11) is 0. The second-order valence-electron chi connectivity index (χ2n) is 7.76. The van der Waals surface area contributed by atoms with E-state index in [0.717, 1.165) is 24.2 Å². The average molecular weight is 453 g/mol. The minimum Gasteiger partial charge on any atom is -0.378 e. The maximum Gasteiger partial charge on any atom is 0.280 e. The van der Waals surface area contributed by atoms with Gasteiger partial charge in [-0.05, 0) is 12.5 Å². The van der Waals surface area contributed by atoms with Crippen LogP contribution in [-0.4, -0.2) is 72.5 Å². The van der Waals surface area contributed by atoms with Crippen molar-refractivity contribution >= 4 is 45.6 Å². The minimum absolute atomic E-state index is 0.146. The van der Waals surface area contributed by atoms with Gasteiger partial charge in [-0.2, -0.15) is 15.1 Å². The monoisotopic (exact) mass is 452 g/mol. The van der Waals surface area contributed by atoms with Gasteiger partial charge in [0.25, 0.3) is 5.91 Å². The van der Waals surface area contributed by atoms with E-state index in [-0.39, 0.29) is 11.9 Å². The molecule has 2 aliphatic heterocycles. The fourth-order valence-corrected chi connectivity index (χ4v) is 4.34. The van der Waals surface area contributed by atoms with E-state index in [1.54, 1.807) is 6.21 Å². The van der Waals surface area contributed by atoms with Crippen molar-refractivity contribution in [2.24, 2.45) is 5.10 Å². The lowest BCUT2D eigenvalue weighted by Gasteiger charge is -2.28.